The summed E-state index contributed by atoms with van der Waals surface area (Å²) in [4.78, 5) is 26.4. The van der Waals surface area contributed by atoms with Crippen LogP contribution in [0.5, 0.6) is 0 Å². The third-order valence-corrected chi connectivity index (χ3v) is 4.19. The smallest absolute Gasteiger partial charge is 0.249 e. The first-order valence-electron chi connectivity index (χ1n) is 7.19. The summed E-state index contributed by atoms with van der Waals surface area (Å²) in [6, 6.07) is -0.505. The van der Waals surface area contributed by atoms with E-state index in [1.807, 2.05) is 13.8 Å². The van der Waals surface area contributed by atoms with Crippen molar-refractivity contribution in [2.24, 2.45) is 5.92 Å². The van der Waals surface area contributed by atoms with E-state index in [1.54, 1.807) is 0 Å². The third kappa shape index (κ3) is 2.60. The van der Waals surface area contributed by atoms with Gasteiger partial charge in [0.15, 0.2) is 0 Å². The molecule has 19 heavy (non-hydrogen) atoms. The van der Waals surface area contributed by atoms with Crippen molar-refractivity contribution >= 4 is 11.8 Å². The number of alkyl halides is 1. The van der Waals surface area contributed by atoms with Crippen LogP contribution in [0.25, 0.3) is 0 Å². The van der Waals surface area contributed by atoms with E-state index in [2.05, 4.69) is 5.32 Å². The predicted molar refractivity (Wildman–Crippen MR) is 70.3 cm³/mol. The molecule has 1 spiro atoms. The topological polar surface area (TPSA) is 49.4 Å². The van der Waals surface area contributed by atoms with E-state index in [4.69, 9.17) is 0 Å². The molecule has 1 unspecified atom stereocenters. The number of amides is 2. The monoisotopic (exact) mass is 270 g/mol. The molecule has 1 atom stereocenters. The molecule has 0 bridgehead atoms. The Labute approximate surface area is 113 Å². The Bertz CT molecular complexity index is 364. The van der Waals surface area contributed by atoms with Crippen LogP contribution in [0.2, 0.25) is 0 Å². The lowest BCUT2D eigenvalue weighted by molar-refractivity contribution is -0.155. The summed E-state index contributed by atoms with van der Waals surface area (Å²) in [7, 11) is 0. The Morgan fingerprint density at radius 3 is 2.53 bits per heavy atom. The summed E-state index contributed by atoms with van der Waals surface area (Å²) in [6.07, 6.45) is 3.87. The molecule has 0 aromatic carbocycles. The maximum atomic E-state index is 12.7. The molecule has 2 aliphatic rings. The fourth-order valence-corrected chi connectivity index (χ4v) is 3.28. The zero-order valence-corrected chi connectivity index (χ0v) is 11.7. The molecule has 1 heterocycles. The second-order valence-electron chi connectivity index (χ2n) is 6.11. The van der Waals surface area contributed by atoms with Crippen LogP contribution >= 0.6 is 0 Å². The highest BCUT2D eigenvalue weighted by Crippen LogP contribution is 2.35. The Kier molecular flexibility index (Phi) is 4.11. The van der Waals surface area contributed by atoms with Crippen LogP contribution in [0.4, 0.5) is 4.39 Å². The highest BCUT2D eigenvalue weighted by molar-refractivity contribution is 6.00. The van der Waals surface area contributed by atoms with Gasteiger partial charge in [0.1, 0.15) is 18.3 Å². The molecule has 2 fully saturated rings. The van der Waals surface area contributed by atoms with Gasteiger partial charge < -0.3 is 10.2 Å². The van der Waals surface area contributed by atoms with Crippen molar-refractivity contribution in [2.75, 3.05) is 13.2 Å². The van der Waals surface area contributed by atoms with Crippen LogP contribution in [0.3, 0.4) is 0 Å². The fourth-order valence-electron chi connectivity index (χ4n) is 3.28. The van der Waals surface area contributed by atoms with Crippen LogP contribution in [0.15, 0.2) is 0 Å². The number of nitrogens with zero attached hydrogens (tertiary/aromatic N) is 1. The standard InChI is InChI=1S/C14H23FN2O2/c1-10(2)9-11-12(18)16-14(5-3-4-6-14)13(19)17(11)8-7-15/h10-11H,3-9H2,1-2H3,(H,16,18). The number of halogens is 1. The Morgan fingerprint density at radius 2 is 2.00 bits per heavy atom. The van der Waals surface area contributed by atoms with Gasteiger partial charge in [0, 0.05) is 6.54 Å². The Morgan fingerprint density at radius 1 is 1.37 bits per heavy atom. The third-order valence-electron chi connectivity index (χ3n) is 4.19. The first kappa shape index (κ1) is 14.3. The molecule has 4 nitrogen and oxygen atoms in total. The molecular formula is C14H23FN2O2. The van der Waals surface area contributed by atoms with Crippen LogP contribution in [-0.2, 0) is 9.59 Å². The van der Waals surface area contributed by atoms with Gasteiger partial charge in [-0.2, -0.15) is 0 Å². The van der Waals surface area contributed by atoms with Crippen molar-refractivity contribution in [1.82, 2.24) is 10.2 Å². The first-order valence-corrected chi connectivity index (χ1v) is 7.19. The van der Waals surface area contributed by atoms with Gasteiger partial charge in [-0.1, -0.05) is 26.7 Å². The van der Waals surface area contributed by atoms with Gasteiger partial charge in [0.25, 0.3) is 0 Å². The van der Waals surface area contributed by atoms with Gasteiger partial charge in [-0.15, -0.1) is 0 Å². The van der Waals surface area contributed by atoms with Gasteiger partial charge in [-0.05, 0) is 25.2 Å². The number of carbonyl (C=O) groups is 2. The highest BCUT2D eigenvalue weighted by Gasteiger charge is 2.51. The van der Waals surface area contributed by atoms with E-state index < -0.39 is 18.3 Å². The van der Waals surface area contributed by atoms with E-state index in [1.165, 1.54) is 4.90 Å². The minimum Gasteiger partial charge on any atom is -0.340 e. The van der Waals surface area contributed by atoms with Crippen molar-refractivity contribution in [3.8, 4) is 0 Å². The highest BCUT2D eigenvalue weighted by atomic mass is 19.1. The largest absolute Gasteiger partial charge is 0.340 e. The summed E-state index contributed by atoms with van der Waals surface area (Å²) < 4.78 is 12.7. The minimum atomic E-state index is -0.736. The number of hydrogen-bond donors (Lipinski definition) is 1. The SMILES string of the molecule is CC(C)CC1C(=O)NC2(CCCC2)C(=O)N1CCF. The molecule has 1 aliphatic carbocycles. The number of piperazine rings is 1. The van der Waals surface area contributed by atoms with Crippen LogP contribution in [0.1, 0.15) is 46.0 Å². The zero-order valence-electron chi connectivity index (χ0n) is 11.7. The number of rotatable bonds is 4. The average molecular weight is 270 g/mol. The molecule has 0 radical (unpaired) electrons. The lowest BCUT2D eigenvalue weighted by atomic mass is 9.88. The van der Waals surface area contributed by atoms with E-state index >= 15 is 0 Å². The van der Waals surface area contributed by atoms with Crippen LogP contribution in [-0.4, -0.2) is 41.5 Å². The van der Waals surface area contributed by atoms with E-state index in [9.17, 15) is 14.0 Å². The molecule has 2 amide bonds. The minimum absolute atomic E-state index is 0.0331. The summed E-state index contributed by atoms with van der Waals surface area (Å²) >= 11 is 0. The van der Waals surface area contributed by atoms with Gasteiger partial charge in [0.05, 0.1) is 0 Å². The number of carbonyl (C=O) groups excluding carboxylic acids is 2. The van der Waals surface area contributed by atoms with Gasteiger partial charge in [-0.25, -0.2) is 4.39 Å². The van der Waals surface area contributed by atoms with Crippen molar-refractivity contribution in [3.63, 3.8) is 0 Å². The van der Waals surface area contributed by atoms with Crippen molar-refractivity contribution in [1.29, 1.82) is 0 Å². The molecule has 1 saturated carbocycles. The average Bonchev–Trinajstić information content (AvgIpc) is 2.80. The van der Waals surface area contributed by atoms with E-state index in [-0.39, 0.29) is 18.4 Å². The molecule has 2 rings (SSSR count). The molecule has 0 aromatic rings. The maximum Gasteiger partial charge on any atom is 0.249 e. The van der Waals surface area contributed by atoms with Crippen molar-refractivity contribution in [3.05, 3.63) is 0 Å². The Hall–Kier alpha value is -1.13. The molecule has 5 heteroatoms. The predicted octanol–water partition coefficient (Wildman–Crippen LogP) is 1.64. The number of nitrogens with one attached hydrogen (secondary N) is 1. The van der Waals surface area contributed by atoms with Crippen molar-refractivity contribution < 1.29 is 14.0 Å². The fraction of sp³-hybridized carbons (Fsp3) is 0.857. The maximum absolute atomic E-state index is 12.7. The van der Waals surface area contributed by atoms with Crippen LogP contribution < -0.4 is 5.32 Å². The molecule has 108 valence electrons. The normalized spacial score (nSPS) is 26.3. The summed E-state index contributed by atoms with van der Waals surface area (Å²) in [5, 5.41) is 2.93. The second kappa shape index (κ2) is 5.47. The van der Waals surface area contributed by atoms with Gasteiger partial charge in [0.2, 0.25) is 11.8 Å². The molecule has 0 aromatic heterocycles. The number of hydrogen-bond acceptors (Lipinski definition) is 2. The second-order valence-corrected chi connectivity index (χ2v) is 6.11. The van der Waals surface area contributed by atoms with Crippen molar-refractivity contribution in [2.45, 2.75) is 57.5 Å². The Balaban J connectivity index is 2.23. The molecule has 1 aliphatic heterocycles. The van der Waals surface area contributed by atoms with E-state index in [0.717, 1.165) is 12.8 Å². The molecule has 1 N–H and O–H groups in total. The van der Waals surface area contributed by atoms with Gasteiger partial charge in [-0.3, -0.25) is 9.59 Å². The summed E-state index contributed by atoms with van der Waals surface area (Å²) in [6.45, 7) is 3.45. The molecular weight excluding hydrogens is 247 g/mol. The van der Waals surface area contributed by atoms with E-state index in [0.29, 0.717) is 25.2 Å². The summed E-state index contributed by atoms with van der Waals surface area (Å²) in [5.41, 5.74) is -0.736. The lowest BCUT2D eigenvalue weighted by Gasteiger charge is -2.44. The van der Waals surface area contributed by atoms with Crippen LogP contribution in [0, 0.1) is 5.92 Å². The van der Waals surface area contributed by atoms with Gasteiger partial charge >= 0.3 is 0 Å². The first-order chi connectivity index (χ1) is 9.00. The zero-order chi connectivity index (χ0) is 14.0. The lowest BCUT2D eigenvalue weighted by Crippen LogP contribution is -2.69. The summed E-state index contributed by atoms with van der Waals surface area (Å²) in [5.74, 6) is 0.111. The quantitative estimate of drug-likeness (QED) is 0.844. The molecule has 1 saturated heterocycles.